The molecule has 5 nitrogen and oxygen atoms in total. The van der Waals surface area contributed by atoms with Crippen LogP contribution in [0.2, 0.25) is 0 Å². The molecular formula is C14H28N2O3. The highest BCUT2D eigenvalue weighted by atomic mass is 16.5. The molecule has 0 bridgehead atoms. The summed E-state index contributed by atoms with van der Waals surface area (Å²) in [6.45, 7) is 2.97. The fourth-order valence-corrected chi connectivity index (χ4v) is 2.73. The summed E-state index contributed by atoms with van der Waals surface area (Å²) in [5, 5.41) is 15.3. The fourth-order valence-electron chi connectivity index (χ4n) is 2.73. The molecule has 1 aliphatic rings. The number of ether oxygens (including phenoxy) is 1. The smallest absolute Gasteiger partial charge is 0.315 e. The molecule has 1 rings (SSSR count). The highest BCUT2D eigenvalue weighted by Gasteiger charge is 2.24. The molecular weight excluding hydrogens is 244 g/mol. The van der Waals surface area contributed by atoms with Crippen LogP contribution in [0, 0.1) is 5.92 Å². The van der Waals surface area contributed by atoms with E-state index in [0.29, 0.717) is 31.5 Å². The Balaban J connectivity index is 2.19. The predicted molar refractivity (Wildman–Crippen MR) is 75.1 cm³/mol. The Labute approximate surface area is 116 Å². The number of urea groups is 1. The maximum Gasteiger partial charge on any atom is 0.315 e. The lowest BCUT2D eigenvalue weighted by molar-refractivity contribution is 0.0598. The zero-order chi connectivity index (χ0) is 14.1. The minimum Gasteiger partial charge on any atom is -0.391 e. The van der Waals surface area contributed by atoms with Crippen molar-refractivity contribution >= 4 is 6.03 Å². The van der Waals surface area contributed by atoms with E-state index in [1.54, 1.807) is 7.11 Å². The molecule has 2 amide bonds. The van der Waals surface area contributed by atoms with Crippen LogP contribution in [0.15, 0.2) is 0 Å². The third-order valence-electron chi connectivity index (χ3n) is 3.87. The van der Waals surface area contributed by atoms with Crippen molar-refractivity contribution in [1.29, 1.82) is 0 Å². The molecule has 5 heteroatoms. The Morgan fingerprint density at radius 2 is 2.16 bits per heavy atom. The molecule has 1 aliphatic carbocycles. The van der Waals surface area contributed by atoms with Crippen molar-refractivity contribution in [3.05, 3.63) is 0 Å². The number of carbonyl (C=O) groups excluding carboxylic acids is 1. The minimum atomic E-state index is -0.511. The molecule has 0 radical (unpaired) electrons. The van der Waals surface area contributed by atoms with Crippen LogP contribution in [0.1, 0.15) is 45.4 Å². The second-order valence-electron chi connectivity index (χ2n) is 5.36. The van der Waals surface area contributed by atoms with E-state index in [1.165, 1.54) is 19.3 Å². The SMILES string of the molecule is CCC1CCCCC1NC(=O)NCCC(O)COC. The van der Waals surface area contributed by atoms with E-state index in [4.69, 9.17) is 4.74 Å². The number of rotatable bonds is 7. The average molecular weight is 272 g/mol. The van der Waals surface area contributed by atoms with Crippen LogP contribution >= 0.6 is 0 Å². The summed E-state index contributed by atoms with van der Waals surface area (Å²) in [6.07, 6.45) is 5.91. The summed E-state index contributed by atoms with van der Waals surface area (Å²) in [7, 11) is 1.55. The van der Waals surface area contributed by atoms with Crippen molar-refractivity contribution in [2.45, 2.75) is 57.6 Å². The summed E-state index contributed by atoms with van der Waals surface area (Å²) >= 11 is 0. The molecule has 0 aliphatic heterocycles. The van der Waals surface area contributed by atoms with Gasteiger partial charge in [-0.3, -0.25) is 0 Å². The van der Waals surface area contributed by atoms with Crippen molar-refractivity contribution in [1.82, 2.24) is 10.6 Å². The lowest BCUT2D eigenvalue weighted by Gasteiger charge is -2.31. The topological polar surface area (TPSA) is 70.6 Å². The Morgan fingerprint density at radius 3 is 2.84 bits per heavy atom. The van der Waals surface area contributed by atoms with Crippen LogP contribution in [0.5, 0.6) is 0 Å². The van der Waals surface area contributed by atoms with Gasteiger partial charge in [-0.2, -0.15) is 0 Å². The van der Waals surface area contributed by atoms with Crippen LogP contribution in [-0.2, 0) is 4.74 Å². The quantitative estimate of drug-likeness (QED) is 0.660. The van der Waals surface area contributed by atoms with Gasteiger partial charge < -0.3 is 20.5 Å². The predicted octanol–water partition coefficient (Wildman–Crippen LogP) is 1.65. The second-order valence-corrected chi connectivity index (χ2v) is 5.36. The molecule has 112 valence electrons. The van der Waals surface area contributed by atoms with Crippen molar-refractivity contribution in [3.8, 4) is 0 Å². The number of hydrogen-bond acceptors (Lipinski definition) is 3. The van der Waals surface area contributed by atoms with Gasteiger partial charge in [0, 0.05) is 19.7 Å². The monoisotopic (exact) mass is 272 g/mol. The largest absolute Gasteiger partial charge is 0.391 e. The number of aliphatic hydroxyl groups excluding tert-OH is 1. The van der Waals surface area contributed by atoms with E-state index in [0.717, 1.165) is 12.8 Å². The number of carbonyl (C=O) groups is 1. The van der Waals surface area contributed by atoms with Crippen LogP contribution in [-0.4, -0.2) is 43.5 Å². The maximum atomic E-state index is 11.8. The molecule has 0 aromatic carbocycles. The highest BCUT2D eigenvalue weighted by Crippen LogP contribution is 2.26. The van der Waals surface area contributed by atoms with Crippen LogP contribution < -0.4 is 10.6 Å². The molecule has 3 N–H and O–H groups in total. The number of nitrogens with one attached hydrogen (secondary N) is 2. The Kier molecular flexibility index (Phi) is 7.82. The van der Waals surface area contributed by atoms with E-state index < -0.39 is 6.10 Å². The lowest BCUT2D eigenvalue weighted by atomic mass is 9.83. The number of aliphatic hydroxyl groups is 1. The van der Waals surface area contributed by atoms with Crippen LogP contribution in [0.3, 0.4) is 0 Å². The summed E-state index contributed by atoms with van der Waals surface area (Å²) in [5.74, 6) is 0.610. The summed E-state index contributed by atoms with van der Waals surface area (Å²) in [6, 6.07) is 0.192. The van der Waals surface area contributed by atoms with E-state index in [-0.39, 0.29) is 6.03 Å². The van der Waals surface area contributed by atoms with Gasteiger partial charge in [0.25, 0.3) is 0 Å². The van der Waals surface area contributed by atoms with Gasteiger partial charge in [-0.05, 0) is 25.2 Å². The molecule has 19 heavy (non-hydrogen) atoms. The zero-order valence-electron chi connectivity index (χ0n) is 12.2. The van der Waals surface area contributed by atoms with Gasteiger partial charge in [-0.15, -0.1) is 0 Å². The third kappa shape index (κ3) is 6.25. The average Bonchev–Trinajstić information content (AvgIpc) is 2.39. The molecule has 0 heterocycles. The normalized spacial score (nSPS) is 24.8. The third-order valence-corrected chi connectivity index (χ3v) is 3.87. The minimum absolute atomic E-state index is 0.116. The summed E-state index contributed by atoms with van der Waals surface area (Å²) < 4.78 is 4.83. The molecule has 0 aromatic heterocycles. The first-order valence-electron chi connectivity index (χ1n) is 7.38. The van der Waals surface area contributed by atoms with Gasteiger partial charge in [-0.1, -0.05) is 26.2 Å². The summed E-state index contributed by atoms with van der Waals surface area (Å²) in [4.78, 5) is 11.8. The van der Waals surface area contributed by atoms with Crippen molar-refractivity contribution in [2.24, 2.45) is 5.92 Å². The van der Waals surface area contributed by atoms with Crippen molar-refractivity contribution in [3.63, 3.8) is 0 Å². The standard InChI is InChI=1S/C14H28N2O3/c1-3-11-6-4-5-7-13(11)16-14(18)15-9-8-12(17)10-19-2/h11-13,17H,3-10H2,1-2H3,(H2,15,16,18). The number of methoxy groups -OCH3 is 1. The maximum absolute atomic E-state index is 11.8. The van der Waals surface area contributed by atoms with Gasteiger partial charge in [0.15, 0.2) is 0 Å². The lowest BCUT2D eigenvalue weighted by Crippen LogP contribution is -2.47. The van der Waals surface area contributed by atoms with Gasteiger partial charge in [0.1, 0.15) is 0 Å². The molecule has 1 fully saturated rings. The Bertz CT molecular complexity index is 261. The first kappa shape index (κ1) is 16.2. The summed E-state index contributed by atoms with van der Waals surface area (Å²) in [5.41, 5.74) is 0. The van der Waals surface area contributed by atoms with Crippen LogP contribution in [0.4, 0.5) is 4.79 Å². The van der Waals surface area contributed by atoms with E-state index in [9.17, 15) is 9.90 Å². The van der Waals surface area contributed by atoms with E-state index in [2.05, 4.69) is 17.6 Å². The number of amides is 2. The van der Waals surface area contributed by atoms with Gasteiger partial charge in [0.2, 0.25) is 0 Å². The Hall–Kier alpha value is -0.810. The molecule has 0 spiro atoms. The van der Waals surface area contributed by atoms with Gasteiger partial charge >= 0.3 is 6.03 Å². The van der Waals surface area contributed by atoms with Crippen molar-refractivity contribution in [2.75, 3.05) is 20.3 Å². The number of hydrogen-bond donors (Lipinski definition) is 3. The van der Waals surface area contributed by atoms with Gasteiger partial charge in [0.05, 0.1) is 12.7 Å². The first-order chi connectivity index (χ1) is 9.17. The fraction of sp³-hybridized carbons (Fsp3) is 0.929. The van der Waals surface area contributed by atoms with Crippen molar-refractivity contribution < 1.29 is 14.6 Å². The molecule has 3 atom stereocenters. The van der Waals surface area contributed by atoms with E-state index >= 15 is 0 Å². The highest BCUT2D eigenvalue weighted by molar-refractivity contribution is 5.74. The molecule has 3 unspecified atom stereocenters. The Morgan fingerprint density at radius 1 is 1.42 bits per heavy atom. The van der Waals surface area contributed by atoms with Crippen LogP contribution in [0.25, 0.3) is 0 Å². The molecule has 0 aromatic rings. The molecule has 1 saturated carbocycles. The first-order valence-corrected chi connectivity index (χ1v) is 7.38. The molecule has 0 saturated heterocycles. The van der Waals surface area contributed by atoms with Gasteiger partial charge in [-0.25, -0.2) is 4.79 Å². The second kappa shape index (κ2) is 9.15. The zero-order valence-corrected chi connectivity index (χ0v) is 12.2. The van der Waals surface area contributed by atoms with E-state index in [1.807, 2.05) is 0 Å².